The standard InChI is InChI=1S/C19H20FN3O3/c1-22-16-9-8-14(12-17(16)23(2)19(22)25)21-18(24)7-4-10-26-15-6-3-5-13(20)11-15/h3,5-6,8-9,11-12H,4,7,10H2,1-2H3,(H,21,24). The third-order valence-electron chi connectivity index (χ3n) is 4.17. The van der Waals surface area contributed by atoms with Crippen LogP contribution in [-0.2, 0) is 18.9 Å². The first kappa shape index (κ1) is 17.7. The van der Waals surface area contributed by atoms with E-state index in [2.05, 4.69) is 5.32 Å². The minimum Gasteiger partial charge on any atom is -0.493 e. The molecule has 1 amide bonds. The number of benzene rings is 2. The molecule has 0 bridgehead atoms. The maximum atomic E-state index is 13.0. The first-order chi connectivity index (χ1) is 12.5. The van der Waals surface area contributed by atoms with Gasteiger partial charge in [-0.1, -0.05) is 6.07 Å². The van der Waals surface area contributed by atoms with Crippen molar-refractivity contribution >= 4 is 22.6 Å². The van der Waals surface area contributed by atoms with Crippen LogP contribution in [0.3, 0.4) is 0 Å². The largest absolute Gasteiger partial charge is 0.493 e. The number of anilines is 1. The van der Waals surface area contributed by atoms with Crippen molar-refractivity contribution in [2.24, 2.45) is 14.1 Å². The van der Waals surface area contributed by atoms with Gasteiger partial charge in [-0.3, -0.25) is 13.9 Å². The van der Waals surface area contributed by atoms with Crippen LogP contribution in [0.1, 0.15) is 12.8 Å². The highest BCUT2D eigenvalue weighted by Gasteiger charge is 2.09. The van der Waals surface area contributed by atoms with Gasteiger partial charge in [0.1, 0.15) is 11.6 Å². The highest BCUT2D eigenvalue weighted by molar-refractivity contribution is 5.93. The molecule has 0 atom stereocenters. The van der Waals surface area contributed by atoms with E-state index >= 15 is 0 Å². The van der Waals surface area contributed by atoms with E-state index in [-0.39, 0.29) is 23.8 Å². The predicted molar refractivity (Wildman–Crippen MR) is 97.9 cm³/mol. The van der Waals surface area contributed by atoms with Crippen LogP contribution in [0.15, 0.2) is 47.3 Å². The lowest BCUT2D eigenvalue weighted by atomic mass is 10.2. The second-order valence-corrected chi connectivity index (χ2v) is 6.06. The monoisotopic (exact) mass is 357 g/mol. The number of ether oxygens (including phenoxy) is 1. The number of imidazole rings is 1. The maximum absolute atomic E-state index is 13.0. The van der Waals surface area contributed by atoms with Gasteiger partial charge in [0.25, 0.3) is 0 Å². The average molecular weight is 357 g/mol. The lowest BCUT2D eigenvalue weighted by Crippen LogP contribution is -2.19. The van der Waals surface area contributed by atoms with E-state index in [0.29, 0.717) is 24.5 Å². The van der Waals surface area contributed by atoms with E-state index in [1.165, 1.54) is 16.7 Å². The Morgan fingerprint density at radius 3 is 2.65 bits per heavy atom. The second-order valence-electron chi connectivity index (χ2n) is 6.06. The van der Waals surface area contributed by atoms with Crippen molar-refractivity contribution in [3.63, 3.8) is 0 Å². The summed E-state index contributed by atoms with van der Waals surface area (Å²) in [5, 5.41) is 2.82. The number of rotatable bonds is 6. The van der Waals surface area contributed by atoms with E-state index in [9.17, 15) is 14.0 Å². The van der Waals surface area contributed by atoms with Crippen molar-refractivity contribution in [2.75, 3.05) is 11.9 Å². The first-order valence-corrected chi connectivity index (χ1v) is 8.29. The van der Waals surface area contributed by atoms with Crippen LogP contribution in [0.4, 0.5) is 10.1 Å². The van der Waals surface area contributed by atoms with Crippen LogP contribution in [0, 0.1) is 5.82 Å². The van der Waals surface area contributed by atoms with Crippen LogP contribution < -0.4 is 15.7 Å². The average Bonchev–Trinajstić information content (AvgIpc) is 2.83. The molecule has 7 heteroatoms. The Balaban J connectivity index is 1.54. The van der Waals surface area contributed by atoms with Gasteiger partial charge in [0.15, 0.2) is 0 Å². The molecule has 136 valence electrons. The Hall–Kier alpha value is -3.09. The summed E-state index contributed by atoms with van der Waals surface area (Å²) in [4.78, 5) is 24.0. The van der Waals surface area contributed by atoms with Crippen molar-refractivity contribution in [3.8, 4) is 5.75 Å². The number of aromatic nitrogens is 2. The number of nitrogens with one attached hydrogen (secondary N) is 1. The SMILES string of the molecule is Cn1c(=O)n(C)c2cc(NC(=O)CCCOc3cccc(F)c3)ccc21. The zero-order valence-electron chi connectivity index (χ0n) is 14.7. The number of halogens is 1. The molecule has 0 saturated heterocycles. The Morgan fingerprint density at radius 2 is 1.88 bits per heavy atom. The van der Waals surface area contributed by atoms with E-state index in [1.54, 1.807) is 49.0 Å². The Morgan fingerprint density at radius 1 is 1.12 bits per heavy atom. The third-order valence-corrected chi connectivity index (χ3v) is 4.17. The van der Waals surface area contributed by atoms with Crippen molar-refractivity contribution < 1.29 is 13.9 Å². The molecule has 3 rings (SSSR count). The fourth-order valence-corrected chi connectivity index (χ4v) is 2.79. The molecule has 1 heterocycles. The van der Waals surface area contributed by atoms with Crippen molar-refractivity contribution in [1.82, 2.24) is 9.13 Å². The van der Waals surface area contributed by atoms with Crippen molar-refractivity contribution in [1.29, 1.82) is 0 Å². The minimum absolute atomic E-state index is 0.113. The predicted octanol–water partition coefficient (Wildman–Crippen LogP) is 2.81. The van der Waals surface area contributed by atoms with Gasteiger partial charge in [-0.15, -0.1) is 0 Å². The summed E-state index contributed by atoms with van der Waals surface area (Å²) in [7, 11) is 3.40. The number of nitrogens with zero attached hydrogens (tertiary/aromatic N) is 2. The molecule has 0 radical (unpaired) electrons. The molecule has 26 heavy (non-hydrogen) atoms. The summed E-state index contributed by atoms with van der Waals surface area (Å²) in [6.07, 6.45) is 0.787. The van der Waals surface area contributed by atoms with Gasteiger partial charge in [0, 0.05) is 32.3 Å². The molecule has 6 nitrogen and oxygen atoms in total. The second kappa shape index (κ2) is 7.43. The molecule has 0 fully saturated rings. The van der Waals surface area contributed by atoms with Gasteiger partial charge in [-0.05, 0) is 36.8 Å². The molecule has 0 aliphatic rings. The van der Waals surface area contributed by atoms with Crippen LogP contribution >= 0.6 is 0 Å². The highest BCUT2D eigenvalue weighted by Crippen LogP contribution is 2.18. The normalized spacial score (nSPS) is 10.9. The van der Waals surface area contributed by atoms with E-state index in [1.807, 2.05) is 0 Å². The zero-order valence-corrected chi connectivity index (χ0v) is 14.7. The number of hydrogen-bond donors (Lipinski definition) is 1. The Kier molecular flexibility index (Phi) is 5.06. The lowest BCUT2D eigenvalue weighted by Gasteiger charge is -2.08. The van der Waals surface area contributed by atoms with Gasteiger partial charge in [0.05, 0.1) is 17.6 Å². The Bertz CT molecular complexity index is 1010. The number of fused-ring (bicyclic) bond motifs is 1. The zero-order chi connectivity index (χ0) is 18.7. The summed E-state index contributed by atoms with van der Waals surface area (Å²) >= 11 is 0. The molecule has 1 aromatic heterocycles. The van der Waals surface area contributed by atoms with E-state index < -0.39 is 0 Å². The number of carbonyl (C=O) groups is 1. The maximum Gasteiger partial charge on any atom is 0.328 e. The highest BCUT2D eigenvalue weighted by atomic mass is 19.1. The summed E-state index contributed by atoms with van der Waals surface area (Å²) in [6.45, 7) is 0.323. The van der Waals surface area contributed by atoms with Crippen LogP contribution in [-0.4, -0.2) is 21.6 Å². The molecular formula is C19H20FN3O3. The van der Waals surface area contributed by atoms with Gasteiger partial charge >= 0.3 is 5.69 Å². The number of hydrogen-bond acceptors (Lipinski definition) is 3. The van der Waals surface area contributed by atoms with Gasteiger partial charge < -0.3 is 10.1 Å². The molecule has 0 spiro atoms. The van der Waals surface area contributed by atoms with Gasteiger partial charge in [0.2, 0.25) is 5.91 Å². The summed E-state index contributed by atoms with van der Waals surface area (Å²) < 4.78 is 21.6. The lowest BCUT2D eigenvalue weighted by molar-refractivity contribution is -0.116. The minimum atomic E-state index is -0.356. The quantitative estimate of drug-likeness (QED) is 0.690. The molecular weight excluding hydrogens is 337 g/mol. The molecule has 0 aliphatic carbocycles. The van der Waals surface area contributed by atoms with Gasteiger partial charge in [-0.2, -0.15) is 0 Å². The van der Waals surface area contributed by atoms with Crippen LogP contribution in [0.25, 0.3) is 11.0 Å². The molecule has 0 aliphatic heterocycles. The first-order valence-electron chi connectivity index (χ1n) is 8.29. The molecule has 2 aromatic carbocycles. The topological polar surface area (TPSA) is 65.3 Å². The van der Waals surface area contributed by atoms with Gasteiger partial charge in [-0.25, -0.2) is 9.18 Å². The molecule has 0 unspecified atom stereocenters. The number of carbonyl (C=O) groups excluding carboxylic acids is 1. The van der Waals surface area contributed by atoms with Crippen LogP contribution in [0.2, 0.25) is 0 Å². The number of amides is 1. The van der Waals surface area contributed by atoms with E-state index in [4.69, 9.17) is 4.74 Å². The third kappa shape index (κ3) is 3.77. The summed E-state index contributed by atoms with van der Waals surface area (Å²) in [5.41, 5.74) is 2.08. The number of aryl methyl sites for hydroxylation is 2. The fourth-order valence-electron chi connectivity index (χ4n) is 2.79. The molecule has 0 saturated carbocycles. The fraction of sp³-hybridized carbons (Fsp3) is 0.263. The smallest absolute Gasteiger partial charge is 0.328 e. The summed E-state index contributed by atoms with van der Waals surface area (Å²) in [6, 6.07) is 11.2. The van der Waals surface area contributed by atoms with Crippen LogP contribution in [0.5, 0.6) is 5.75 Å². The molecule has 1 N–H and O–H groups in total. The molecule has 3 aromatic rings. The Labute approximate surface area is 149 Å². The van der Waals surface area contributed by atoms with Crippen molar-refractivity contribution in [3.05, 3.63) is 58.8 Å². The van der Waals surface area contributed by atoms with Crippen molar-refractivity contribution in [2.45, 2.75) is 12.8 Å². The van der Waals surface area contributed by atoms with E-state index in [0.717, 1.165) is 11.0 Å². The summed E-state index contributed by atoms with van der Waals surface area (Å²) in [5.74, 6) is -0.0556.